The van der Waals surface area contributed by atoms with Crippen molar-refractivity contribution >= 4 is 15.2 Å². The van der Waals surface area contributed by atoms with Gasteiger partial charge in [0.1, 0.15) is 0 Å². The number of rotatable bonds is 14. The fourth-order valence-corrected chi connectivity index (χ4v) is 3.73. The summed E-state index contributed by atoms with van der Waals surface area (Å²) in [6.07, 6.45) is 17.6. The summed E-state index contributed by atoms with van der Waals surface area (Å²) in [5, 5.41) is 3.14. The molecule has 0 aliphatic carbocycles. The summed E-state index contributed by atoms with van der Waals surface area (Å²) in [4.78, 5) is 0. The van der Waals surface area contributed by atoms with Crippen molar-refractivity contribution in [2.24, 2.45) is 0 Å². The van der Waals surface area contributed by atoms with Crippen LogP contribution in [-0.4, -0.2) is 15.2 Å². The first kappa shape index (κ1) is 17.5. The second-order valence-corrected chi connectivity index (χ2v) is 7.13. The molecule has 0 aliphatic rings. The summed E-state index contributed by atoms with van der Waals surface area (Å²) < 4.78 is 0. The minimum atomic E-state index is 0. The molecule has 0 rings (SSSR count). The Hall–Kier alpha value is 0.532. The van der Waals surface area contributed by atoms with Crippen LogP contribution in [0.4, 0.5) is 0 Å². The van der Waals surface area contributed by atoms with E-state index >= 15 is 0 Å². The first-order chi connectivity index (χ1) is 8.41. The lowest BCUT2D eigenvalue weighted by Gasteiger charge is -2.01. The van der Waals surface area contributed by atoms with Gasteiger partial charge >= 0.3 is 0 Å². The van der Waals surface area contributed by atoms with Gasteiger partial charge in [-0.25, -0.2) is 0 Å². The van der Waals surface area contributed by atoms with Gasteiger partial charge in [-0.3, -0.25) is 0 Å². The standard InChI is InChI=1S/2C8H17.Al.2H2/c2*1-3-5-7-8-6-4-2;;;/h2*1,3-8H2,2H3;;2*1H. The Bertz CT molecular complexity index is 118. The van der Waals surface area contributed by atoms with E-state index in [4.69, 9.17) is 0 Å². The van der Waals surface area contributed by atoms with Crippen LogP contribution in [0.2, 0.25) is 10.6 Å². The normalized spacial score (nSPS) is 10.7. The summed E-state index contributed by atoms with van der Waals surface area (Å²) in [5.41, 5.74) is 0. The second kappa shape index (κ2) is 16.5. The van der Waals surface area contributed by atoms with E-state index in [0.717, 1.165) is 15.2 Å². The summed E-state index contributed by atoms with van der Waals surface area (Å²) >= 11 is 0.794. The van der Waals surface area contributed by atoms with Crippen LogP contribution in [0.3, 0.4) is 0 Å². The largest absolute Gasteiger partial charge is 0.199 e. The lowest BCUT2D eigenvalue weighted by atomic mass is 10.1. The van der Waals surface area contributed by atoms with Gasteiger partial charge in [-0.15, -0.1) is 10.6 Å². The van der Waals surface area contributed by atoms with E-state index in [0.29, 0.717) is 0 Å². The minimum Gasteiger partial charge on any atom is -0.104 e. The van der Waals surface area contributed by atoms with Crippen molar-refractivity contribution in [2.75, 3.05) is 0 Å². The van der Waals surface area contributed by atoms with Gasteiger partial charge in [0.15, 0.2) is 15.2 Å². The fraction of sp³-hybridized carbons (Fsp3) is 1.00. The molecule has 0 nitrogen and oxygen atoms in total. The molecule has 0 amide bonds. The molecule has 0 aromatic rings. The summed E-state index contributed by atoms with van der Waals surface area (Å²) in [7, 11) is 0. The zero-order valence-electron chi connectivity index (χ0n) is 12.5. The zero-order valence-corrected chi connectivity index (χ0v) is 13.6. The van der Waals surface area contributed by atoms with Gasteiger partial charge in [0.25, 0.3) is 0 Å². The predicted molar refractivity (Wildman–Crippen MR) is 86.3 cm³/mol. The first-order valence-electron chi connectivity index (χ1n) is 8.23. The van der Waals surface area contributed by atoms with Crippen molar-refractivity contribution in [2.45, 2.75) is 101 Å². The topological polar surface area (TPSA) is 0 Å². The molecule has 0 unspecified atom stereocenters. The fourth-order valence-electron chi connectivity index (χ4n) is 2.28. The molecule has 0 spiro atoms. The molecule has 0 aromatic carbocycles. The van der Waals surface area contributed by atoms with Crippen molar-refractivity contribution < 1.29 is 2.85 Å². The lowest BCUT2D eigenvalue weighted by Crippen LogP contribution is -1.90. The van der Waals surface area contributed by atoms with Gasteiger partial charge in [0.2, 0.25) is 0 Å². The Labute approximate surface area is 120 Å². The van der Waals surface area contributed by atoms with Crippen molar-refractivity contribution in [3.8, 4) is 0 Å². The third-order valence-corrected chi connectivity index (χ3v) is 5.16. The molecule has 1 radical (unpaired) electrons. The van der Waals surface area contributed by atoms with Crippen LogP contribution in [0.15, 0.2) is 0 Å². The molecule has 0 atom stereocenters. The highest BCUT2D eigenvalue weighted by molar-refractivity contribution is 6.35. The van der Waals surface area contributed by atoms with Crippen LogP contribution < -0.4 is 0 Å². The Morgan fingerprint density at radius 3 is 1.29 bits per heavy atom. The van der Waals surface area contributed by atoms with Gasteiger partial charge in [-0.1, -0.05) is 90.9 Å². The molecule has 0 saturated carbocycles. The number of hydrogen-bond donors (Lipinski definition) is 0. The van der Waals surface area contributed by atoms with Gasteiger partial charge in [-0.2, -0.15) is 0 Å². The van der Waals surface area contributed by atoms with Crippen LogP contribution in [0.5, 0.6) is 0 Å². The van der Waals surface area contributed by atoms with Crippen LogP contribution in [0.1, 0.15) is 93.8 Å². The summed E-state index contributed by atoms with van der Waals surface area (Å²) in [6, 6.07) is 0. The lowest BCUT2D eigenvalue weighted by molar-refractivity contribution is 0.618. The van der Waals surface area contributed by atoms with Crippen LogP contribution in [0, 0.1) is 0 Å². The van der Waals surface area contributed by atoms with E-state index in [2.05, 4.69) is 13.8 Å². The monoisotopic (exact) mass is 257 g/mol. The van der Waals surface area contributed by atoms with Crippen molar-refractivity contribution in [3.63, 3.8) is 0 Å². The van der Waals surface area contributed by atoms with Gasteiger partial charge < -0.3 is 0 Å². The van der Waals surface area contributed by atoms with E-state index < -0.39 is 0 Å². The summed E-state index contributed by atoms with van der Waals surface area (Å²) in [5.74, 6) is 0. The van der Waals surface area contributed by atoms with Crippen LogP contribution >= 0.6 is 0 Å². The van der Waals surface area contributed by atoms with Crippen molar-refractivity contribution in [3.05, 3.63) is 0 Å². The predicted octanol–water partition coefficient (Wildman–Crippen LogP) is 6.74. The highest BCUT2D eigenvalue weighted by Gasteiger charge is 1.95. The SMILES string of the molecule is CCCCCCC[CH2][Al][CH2]CCCCCCC.[HH].[HH]. The molecule has 0 bridgehead atoms. The average Bonchev–Trinajstić information content (AvgIpc) is 2.35. The van der Waals surface area contributed by atoms with E-state index in [1.807, 2.05) is 0 Å². The summed E-state index contributed by atoms with van der Waals surface area (Å²) in [6.45, 7) is 4.59. The molecule has 1 heteroatoms. The minimum absolute atomic E-state index is 0. The molecule has 17 heavy (non-hydrogen) atoms. The molecule has 0 N–H and O–H groups in total. The Morgan fingerprint density at radius 2 is 0.882 bits per heavy atom. The van der Waals surface area contributed by atoms with Gasteiger partial charge in [0, 0.05) is 2.85 Å². The van der Waals surface area contributed by atoms with E-state index in [-0.39, 0.29) is 2.85 Å². The van der Waals surface area contributed by atoms with Gasteiger partial charge in [-0.05, 0) is 0 Å². The third kappa shape index (κ3) is 16.5. The highest BCUT2D eigenvalue weighted by atomic mass is 27.1. The Morgan fingerprint density at radius 1 is 0.529 bits per heavy atom. The maximum absolute atomic E-state index is 2.30. The molecule has 0 aromatic heterocycles. The molecule has 0 saturated heterocycles. The number of hydrogen-bond acceptors (Lipinski definition) is 0. The third-order valence-electron chi connectivity index (χ3n) is 3.52. The maximum atomic E-state index is 2.30. The van der Waals surface area contributed by atoms with Crippen molar-refractivity contribution in [1.29, 1.82) is 0 Å². The van der Waals surface area contributed by atoms with E-state index in [1.54, 1.807) is 10.6 Å². The quantitative estimate of drug-likeness (QED) is 0.239. The molecular formula is C16H38Al. The van der Waals surface area contributed by atoms with Crippen molar-refractivity contribution in [1.82, 2.24) is 0 Å². The molecule has 0 fully saturated rings. The molecule has 105 valence electrons. The zero-order chi connectivity index (χ0) is 12.6. The maximum Gasteiger partial charge on any atom is 0.199 e. The van der Waals surface area contributed by atoms with E-state index in [1.165, 1.54) is 77.0 Å². The highest BCUT2D eigenvalue weighted by Crippen LogP contribution is 2.10. The van der Waals surface area contributed by atoms with Crippen LogP contribution in [-0.2, 0) is 0 Å². The van der Waals surface area contributed by atoms with Gasteiger partial charge in [0.05, 0.1) is 0 Å². The Kier molecular flexibility index (Phi) is 17.1. The smallest absolute Gasteiger partial charge is 0.104 e. The Balaban J connectivity index is -0.00000128. The second-order valence-electron chi connectivity index (χ2n) is 5.40. The molecular weight excluding hydrogens is 219 g/mol. The molecule has 0 aliphatic heterocycles. The molecule has 0 heterocycles. The number of unbranched alkanes of at least 4 members (excludes halogenated alkanes) is 10. The van der Waals surface area contributed by atoms with E-state index in [9.17, 15) is 0 Å². The average molecular weight is 257 g/mol. The van der Waals surface area contributed by atoms with Crippen LogP contribution in [0.25, 0.3) is 0 Å². The first-order valence-corrected chi connectivity index (χ1v) is 9.86.